The number of furan rings is 1. The van der Waals surface area contributed by atoms with Gasteiger partial charge in [0.25, 0.3) is 0 Å². The van der Waals surface area contributed by atoms with Crippen LogP contribution in [0, 0.1) is 0 Å². The van der Waals surface area contributed by atoms with Crippen molar-refractivity contribution in [3.63, 3.8) is 0 Å². The third-order valence-corrected chi connectivity index (χ3v) is 4.23. The number of phenolic OH excluding ortho intramolecular Hbond substituents is 1. The van der Waals surface area contributed by atoms with E-state index < -0.39 is 5.63 Å². The van der Waals surface area contributed by atoms with Gasteiger partial charge in [-0.1, -0.05) is 31.5 Å². The summed E-state index contributed by atoms with van der Waals surface area (Å²) in [5, 5.41) is 12.6. The number of aryl methyl sites for hydroxylation is 1. The van der Waals surface area contributed by atoms with E-state index in [1.54, 1.807) is 0 Å². The first-order chi connectivity index (χ1) is 11.2. The van der Waals surface area contributed by atoms with Gasteiger partial charge in [-0.3, -0.25) is 0 Å². The van der Waals surface area contributed by atoms with Gasteiger partial charge < -0.3 is 13.9 Å². The van der Waals surface area contributed by atoms with Gasteiger partial charge in [0, 0.05) is 22.2 Å². The van der Waals surface area contributed by atoms with Crippen LogP contribution in [0.5, 0.6) is 5.75 Å². The van der Waals surface area contributed by atoms with Crippen molar-refractivity contribution < 1.29 is 13.9 Å². The van der Waals surface area contributed by atoms with Crippen molar-refractivity contribution in [2.45, 2.75) is 26.2 Å². The first-order valence-electron chi connectivity index (χ1n) is 7.79. The fourth-order valence-electron chi connectivity index (χ4n) is 3.06. The molecule has 0 aliphatic carbocycles. The monoisotopic (exact) mass is 308 g/mol. The van der Waals surface area contributed by atoms with Crippen LogP contribution >= 0.6 is 0 Å². The molecule has 0 saturated heterocycles. The van der Waals surface area contributed by atoms with Gasteiger partial charge in [-0.15, -0.1) is 0 Å². The summed E-state index contributed by atoms with van der Waals surface area (Å²) in [6.45, 7) is 2.11. The van der Waals surface area contributed by atoms with Crippen molar-refractivity contribution in [2.24, 2.45) is 0 Å². The summed E-state index contributed by atoms with van der Waals surface area (Å²) in [5.41, 5.74) is 1.60. The van der Waals surface area contributed by atoms with E-state index in [0.29, 0.717) is 11.2 Å². The minimum Gasteiger partial charge on any atom is -0.508 e. The second kappa shape index (κ2) is 5.16. The molecule has 4 aromatic rings. The molecule has 4 nitrogen and oxygen atoms in total. The number of phenols is 1. The number of aromatic hydroxyl groups is 1. The van der Waals surface area contributed by atoms with E-state index in [9.17, 15) is 9.90 Å². The molecule has 4 rings (SSSR count). The second-order valence-corrected chi connectivity index (χ2v) is 5.77. The van der Waals surface area contributed by atoms with E-state index in [4.69, 9.17) is 8.83 Å². The first kappa shape index (κ1) is 13.9. The van der Waals surface area contributed by atoms with Crippen molar-refractivity contribution >= 4 is 32.9 Å². The van der Waals surface area contributed by atoms with Crippen molar-refractivity contribution in [3.05, 3.63) is 52.4 Å². The lowest BCUT2D eigenvalue weighted by molar-refractivity contribution is 0.464. The highest BCUT2D eigenvalue weighted by atomic mass is 16.4. The Morgan fingerprint density at radius 1 is 1.04 bits per heavy atom. The number of hydrogen-bond donors (Lipinski definition) is 1. The summed E-state index contributed by atoms with van der Waals surface area (Å²) in [6, 6.07) is 11.0. The van der Waals surface area contributed by atoms with Crippen LogP contribution in [0.25, 0.3) is 32.9 Å². The van der Waals surface area contributed by atoms with E-state index in [2.05, 4.69) is 6.92 Å². The molecule has 0 radical (unpaired) electrons. The zero-order valence-corrected chi connectivity index (χ0v) is 12.8. The number of para-hydroxylation sites is 1. The number of benzene rings is 2. The van der Waals surface area contributed by atoms with Gasteiger partial charge in [0.05, 0.1) is 0 Å². The molecule has 0 unspecified atom stereocenters. The average molecular weight is 308 g/mol. The molecule has 0 spiro atoms. The Morgan fingerprint density at radius 2 is 1.87 bits per heavy atom. The SMILES string of the molecule is CCCCc1cc2c(cc1O)oc(=O)c1oc3ccccc3c12. The van der Waals surface area contributed by atoms with Crippen LogP contribution in [-0.4, -0.2) is 5.11 Å². The zero-order valence-electron chi connectivity index (χ0n) is 12.8. The predicted molar refractivity (Wildman–Crippen MR) is 90.0 cm³/mol. The quantitative estimate of drug-likeness (QED) is 0.555. The molecule has 1 N–H and O–H groups in total. The largest absolute Gasteiger partial charge is 0.508 e. The molecule has 2 heterocycles. The van der Waals surface area contributed by atoms with Gasteiger partial charge in [0.15, 0.2) is 0 Å². The highest BCUT2D eigenvalue weighted by Gasteiger charge is 2.17. The van der Waals surface area contributed by atoms with Crippen molar-refractivity contribution in [3.8, 4) is 5.75 Å². The lowest BCUT2D eigenvalue weighted by Crippen LogP contribution is -1.98. The fraction of sp³-hybridized carbons (Fsp3) is 0.211. The molecule has 2 aromatic carbocycles. The molecule has 2 aromatic heterocycles. The van der Waals surface area contributed by atoms with Crippen LogP contribution in [-0.2, 0) is 6.42 Å². The molecular weight excluding hydrogens is 292 g/mol. The summed E-state index contributed by atoms with van der Waals surface area (Å²) in [6.07, 6.45) is 2.82. The number of rotatable bonds is 3. The molecule has 0 atom stereocenters. The van der Waals surface area contributed by atoms with Gasteiger partial charge in [-0.05, 0) is 30.5 Å². The van der Waals surface area contributed by atoms with Crippen LogP contribution in [0.2, 0.25) is 0 Å². The number of hydrogen-bond acceptors (Lipinski definition) is 4. The molecule has 0 fully saturated rings. The lowest BCUT2D eigenvalue weighted by atomic mass is 10.0. The highest BCUT2D eigenvalue weighted by molar-refractivity contribution is 6.17. The molecule has 0 aliphatic heterocycles. The van der Waals surface area contributed by atoms with Gasteiger partial charge in [-0.25, -0.2) is 4.79 Å². The Kier molecular flexibility index (Phi) is 3.11. The summed E-state index contributed by atoms with van der Waals surface area (Å²) in [5.74, 6) is 0.168. The van der Waals surface area contributed by atoms with E-state index in [1.807, 2.05) is 30.3 Å². The standard InChI is InChI=1S/C19H16O4/c1-2-3-6-11-9-13-16(10-14(11)20)23-19(21)18-17(13)12-7-4-5-8-15(12)22-18/h4-5,7-10,20H,2-3,6H2,1H3. The minimum absolute atomic E-state index is 0.168. The lowest BCUT2D eigenvalue weighted by Gasteiger charge is -2.06. The average Bonchev–Trinajstić information content (AvgIpc) is 2.94. The minimum atomic E-state index is -0.524. The molecule has 0 saturated carbocycles. The van der Waals surface area contributed by atoms with Gasteiger partial charge >= 0.3 is 5.63 Å². The second-order valence-electron chi connectivity index (χ2n) is 5.77. The fourth-order valence-corrected chi connectivity index (χ4v) is 3.06. The molecule has 0 bridgehead atoms. The van der Waals surface area contributed by atoms with E-state index in [0.717, 1.165) is 41.0 Å². The zero-order chi connectivity index (χ0) is 16.0. The van der Waals surface area contributed by atoms with E-state index in [1.165, 1.54) is 6.07 Å². The Morgan fingerprint density at radius 3 is 2.70 bits per heavy atom. The summed E-state index contributed by atoms with van der Waals surface area (Å²) in [4.78, 5) is 12.2. The summed E-state index contributed by atoms with van der Waals surface area (Å²) in [7, 11) is 0. The molecule has 4 heteroatoms. The summed E-state index contributed by atoms with van der Waals surface area (Å²) >= 11 is 0. The Hall–Kier alpha value is -2.75. The Bertz CT molecular complexity index is 1090. The first-order valence-corrected chi connectivity index (χ1v) is 7.79. The third-order valence-electron chi connectivity index (χ3n) is 4.23. The Balaban J connectivity index is 2.15. The summed E-state index contributed by atoms with van der Waals surface area (Å²) < 4.78 is 11.0. The highest BCUT2D eigenvalue weighted by Crippen LogP contribution is 2.35. The van der Waals surface area contributed by atoms with Crippen molar-refractivity contribution in [2.75, 3.05) is 0 Å². The van der Waals surface area contributed by atoms with Crippen LogP contribution < -0.4 is 5.63 Å². The van der Waals surface area contributed by atoms with Crippen LogP contribution in [0.1, 0.15) is 25.3 Å². The van der Waals surface area contributed by atoms with Crippen molar-refractivity contribution in [1.29, 1.82) is 0 Å². The van der Waals surface area contributed by atoms with E-state index in [-0.39, 0.29) is 11.3 Å². The number of unbranched alkanes of at least 4 members (excludes halogenated alkanes) is 1. The molecule has 0 aliphatic rings. The maximum absolute atomic E-state index is 12.2. The normalized spacial score (nSPS) is 11.7. The maximum Gasteiger partial charge on any atom is 0.380 e. The molecule has 23 heavy (non-hydrogen) atoms. The molecule has 116 valence electrons. The van der Waals surface area contributed by atoms with Gasteiger partial charge in [0.1, 0.15) is 16.9 Å². The molecule has 0 amide bonds. The van der Waals surface area contributed by atoms with E-state index >= 15 is 0 Å². The van der Waals surface area contributed by atoms with Crippen LogP contribution in [0.3, 0.4) is 0 Å². The predicted octanol–water partition coefficient (Wildman–Crippen LogP) is 4.74. The molecular formula is C19H16O4. The third kappa shape index (κ3) is 2.10. The maximum atomic E-state index is 12.2. The van der Waals surface area contributed by atoms with Crippen LogP contribution in [0.4, 0.5) is 0 Å². The smallest absolute Gasteiger partial charge is 0.380 e. The van der Waals surface area contributed by atoms with Gasteiger partial charge in [-0.2, -0.15) is 0 Å². The number of fused-ring (bicyclic) bond motifs is 5. The van der Waals surface area contributed by atoms with Gasteiger partial charge in [0.2, 0.25) is 5.58 Å². The van der Waals surface area contributed by atoms with Crippen LogP contribution in [0.15, 0.2) is 50.0 Å². The topological polar surface area (TPSA) is 63.6 Å². The Labute approximate surface area is 131 Å². The van der Waals surface area contributed by atoms with Crippen molar-refractivity contribution in [1.82, 2.24) is 0 Å².